The quantitative estimate of drug-likeness (QED) is 0.461. The maximum absolute atomic E-state index is 10.9. The maximum atomic E-state index is 10.9. The Hall–Kier alpha value is -0.580. The Balaban J connectivity index is 2.58. The predicted molar refractivity (Wildman–Crippen MR) is 57.3 cm³/mol. The second-order valence-electron chi connectivity index (χ2n) is 2.59. The molecule has 0 aliphatic rings. The van der Waals surface area contributed by atoms with E-state index in [1.54, 1.807) is 34.5 Å². The van der Waals surface area contributed by atoms with Crippen LogP contribution in [-0.2, 0) is 6.54 Å². The molecule has 0 aromatic heterocycles. The summed E-state index contributed by atoms with van der Waals surface area (Å²) in [4.78, 5) is 12.5. The molecular formula is C9H10INO. The second-order valence-corrected chi connectivity index (χ2v) is 3.52. The Bertz CT molecular complexity index is 260. The van der Waals surface area contributed by atoms with E-state index in [1.165, 1.54) is 0 Å². The zero-order valence-corrected chi connectivity index (χ0v) is 8.98. The van der Waals surface area contributed by atoms with Crippen molar-refractivity contribution in [1.29, 1.82) is 0 Å². The molecule has 64 valence electrons. The van der Waals surface area contributed by atoms with E-state index in [9.17, 15) is 4.79 Å². The van der Waals surface area contributed by atoms with Crippen molar-refractivity contribution >= 4 is 26.5 Å². The van der Waals surface area contributed by atoms with Crippen molar-refractivity contribution in [2.75, 3.05) is 7.05 Å². The minimum atomic E-state index is 0.0662. The molecule has 1 aromatic rings. The molecule has 12 heavy (non-hydrogen) atoms. The molecule has 0 aliphatic carbocycles. The molecule has 0 saturated carbocycles. The zero-order valence-electron chi connectivity index (χ0n) is 6.83. The number of halogens is 1. The highest BCUT2D eigenvalue weighted by Crippen LogP contribution is 2.05. The summed E-state index contributed by atoms with van der Waals surface area (Å²) < 4.78 is 0.0662. The van der Waals surface area contributed by atoms with Crippen LogP contribution in [0.25, 0.3) is 0 Å². The van der Waals surface area contributed by atoms with E-state index in [0.29, 0.717) is 6.54 Å². The topological polar surface area (TPSA) is 20.3 Å². The third-order valence-corrected chi connectivity index (χ3v) is 2.39. The van der Waals surface area contributed by atoms with Gasteiger partial charge in [-0.1, -0.05) is 30.3 Å². The maximum Gasteiger partial charge on any atom is 0.283 e. The zero-order chi connectivity index (χ0) is 8.97. The van der Waals surface area contributed by atoms with Crippen molar-refractivity contribution in [2.45, 2.75) is 6.54 Å². The Morgan fingerprint density at radius 1 is 1.42 bits per heavy atom. The number of carbonyl (C=O) groups excluding carboxylic acids is 1. The molecule has 0 unspecified atom stereocenters. The summed E-state index contributed by atoms with van der Waals surface area (Å²) in [5, 5.41) is 0. The van der Waals surface area contributed by atoms with E-state index in [0.717, 1.165) is 5.56 Å². The summed E-state index contributed by atoms with van der Waals surface area (Å²) in [5.74, 6) is 0. The van der Waals surface area contributed by atoms with Crippen LogP contribution >= 0.6 is 22.6 Å². The van der Waals surface area contributed by atoms with Gasteiger partial charge >= 0.3 is 0 Å². The van der Waals surface area contributed by atoms with Gasteiger partial charge in [-0.2, -0.15) is 0 Å². The van der Waals surface area contributed by atoms with Gasteiger partial charge in [0, 0.05) is 36.2 Å². The Kier molecular flexibility index (Phi) is 3.52. The predicted octanol–water partition coefficient (Wildman–Crippen LogP) is 2.67. The standard InChI is InChI=1S/C9H10INO/c1-11(9(10)12)7-8-5-3-2-4-6-8/h2-6H,7H2,1H3. The summed E-state index contributed by atoms with van der Waals surface area (Å²) >= 11 is 1.78. The van der Waals surface area contributed by atoms with E-state index in [-0.39, 0.29) is 3.91 Å². The van der Waals surface area contributed by atoms with Gasteiger partial charge in [0.25, 0.3) is 3.91 Å². The normalized spacial score (nSPS) is 9.50. The summed E-state index contributed by atoms with van der Waals surface area (Å²) in [6.07, 6.45) is 0. The van der Waals surface area contributed by atoms with Gasteiger partial charge in [0.2, 0.25) is 0 Å². The van der Waals surface area contributed by atoms with Crippen molar-refractivity contribution in [3.8, 4) is 0 Å². The summed E-state index contributed by atoms with van der Waals surface area (Å²) in [6.45, 7) is 0.683. The van der Waals surface area contributed by atoms with E-state index in [1.807, 2.05) is 30.3 Å². The van der Waals surface area contributed by atoms with E-state index < -0.39 is 0 Å². The first kappa shape index (κ1) is 9.51. The van der Waals surface area contributed by atoms with Crippen molar-refractivity contribution in [2.24, 2.45) is 0 Å². The highest BCUT2D eigenvalue weighted by Gasteiger charge is 2.02. The molecule has 1 rings (SSSR count). The number of nitrogens with zero attached hydrogens (tertiary/aromatic N) is 1. The fourth-order valence-electron chi connectivity index (χ4n) is 0.919. The highest BCUT2D eigenvalue weighted by atomic mass is 127. The van der Waals surface area contributed by atoms with Gasteiger partial charge in [-0.05, 0) is 5.56 Å². The minimum absolute atomic E-state index is 0.0662. The van der Waals surface area contributed by atoms with Gasteiger partial charge in [-0.15, -0.1) is 0 Å². The number of hydrogen-bond acceptors (Lipinski definition) is 1. The van der Waals surface area contributed by atoms with Gasteiger partial charge in [-0.25, -0.2) is 0 Å². The van der Waals surface area contributed by atoms with Crippen LogP contribution in [0.4, 0.5) is 4.79 Å². The molecule has 0 aliphatic heterocycles. The Morgan fingerprint density at radius 2 is 2.00 bits per heavy atom. The lowest BCUT2D eigenvalue weighted by Crippen LogP contribution is -2.19. The third-order valence-electron chi connectivity index (χ3n) is 1.56. The number of amides is 1. The molecule has 3 heteroatoms. The van der Waals surface area contributed by atoms with Gasteiger partial charge in [0.1, 0.15) is 0 Å². The Labute approximate surface area is 85.7 Å². The fourth-order valence-corrected chi connectivity index (χ4v) is 1.09. The number of carbonyl (C=O) groups is 1. The number of rotatable bonds is 2. The fraction of sp³-hybridized carbons (Fsp3) is 0.222. The van der Waals surface area contributed by atoms with E-state index >= 15 is 0 Å². The van der Waals surface area contributed by atoms with E-state index in [2.05, 4.69) is 0 Å². The van der Waals surface area contributed by atoms with Crippen LogP contribution in [0, 0.1) is 0 Å². The number of benzene rings is 1. The van der Waals surface area contributed by atoms with Crippen molar-refractivity contribution < 1.29 is 4.79 Å². The highest BCUT2D eigenvalue weighted by molar-refractivity contribution is 14.1. The summed E-state index contributed by atoms with van der Waals surface area (Å²) in [5.41, 5.74) is 1.16. The molecule has 0 spiro atoms. The van der Waals surface area contributed by atoms with Crippen molar-refractivity contribution in [3.05, 3.63) is 35.9 Å². The third kappa shape index (κ3) is 2.81. The molecule has 0 saturated heterocycles. The van der Waals surface area contributed by atoms with Gasteiger partial charge < -0.3 is 4.90 Å². The van der Waals surface area contributed by atoms with Crippen LogP contribution in [0.2, 0.25) is 0 Å². The monoisotopic (exact) mass is 275 g/mol. The molecule has 0 N–H and O–H groups in total. The van der Waals surface area contributed by atoms with Gasteiger partial charge in [-0.3, -0.25) is 4.79 Å². The number of hydrogen-bond donors (Lipinski definition) is 0. The summed E-state index contributed by atoms with van der Waals surface area (Å²) in [7, 11) is 1.79. The van der Waals surface area contributed by atoms with E-state index in [4.69, 9.17) is 0 Å². The first-order valence-corrected chi connectivity index (χ1v) is 4.72. The van der Waals surface area contributed by atoms with Crippen LogP contribution in [0.15, 0.2) is 30.3 Å². The minimum Gasteiger partial charge on any atom is -0.333 e. The van der Waals surface area contributed by atoms with Gasteiger partial charge in [0.05, 0.1) is 0 Å². The first-order valence-electron chi connectivity index (χ1n) is 3.64. The molecule has 0 bridgehead atoms. The average molecular weight is 275 g/mol. The van der Waals surface area contributed by atoms with Crippen LogP contribution in [-0.4, -0.2) is 15.9 Å². The molecule has 0 heterocycles. The molecule has 1 aromatic carbocycles. The Morgan fingerprint density at radius 3 is 2.50 bits per heavy atom. The summed E-state index contributed by atoms with van der Waals surface area (Å²) in [6, 6.07) is 9.93. The smallest absolute Gasteiger partial charge is 0.283 e. The average Bonchev–Trinajstić information content (AvgIpc) is 2.06. The lowest BCUT2D eigenvalue weighted by molar-refractivity contribution is 0.235. The lowest BCUT2D eigenvalue weighted by Gasteiger charge is -2.12. The molecule has 0 radical (unpaired) electrons. The van der Waals surface area contributed by atoms with Crippen LogP contribution in [0.1, 0.15) is 5.56 Å². The largest absolute Gasteiger partial charge is 0.333 e. The lowest BCUT2D eigenvalue weighted by atomic mass is 10.2. The molecule has 1 amide bonds. The molecular weight excluding hydrogens is 265 g/mol. The first-order chi connectivity index (χ1) is 5.70. The SMILES string of the molecule is CN(Cc1ccccc1)C(=O)I. The van der Waals surface area contributed by atoms with Crippen molar-refractivity contribution in [1.82, 2.24) is 4.90 Å². The molecule has 0 atom stereocenters. The van der Waals surface area contributed by atoms with Crippen molar-refractivity contribution in [3.63, 3.8) is 0 Å². The van der Waals surface area contributed by atoms with Crippen LogP contribution in [0.3, 0.4) is 0 Å². The second kappa shape index (κ2) is 4.45. The van der Waals surface area contributed by atoms with Gasteiger partial charge in [0.15, 0.2) is 0 Å². The molecule has 2 nitrogen and oxygen atoms in total. The van der Waals surface area contributed by atoms with Crippen LogP contribution in [0.5, 0.6) is 0 Å². The molecule has 0 fully saturated rings. The van der Waals surface area contributed by atoms with Crippen LogP contribution < -0.4 is 0 Å².